The molecule has 0 radical (unpaired) electrons. The lowest BCUT2D eigenvalue weighted by molar-refractivity contribution is 0.0594. The SMILES string of the molecule is N#Cc1ccc(OC2c3ccccc3C[C@H]2N2CCC[C@@H](N)C2)c(Cl)c1. The third-order valence-corrected chi connectivity index (χ3v) is 5.71. The van der Waals surface area contributed by atoms with Crippen molar-refractivity contribution in [3.8, 4) is 11.8 Å². The first-order chi connectivity index (χ1) is 12.7. The van der Waals surface area contributed by atoms with E-state index in [-0.39, 0.29) is 18.2 Å². The van der Waals surface area contributed by atoms with Crippen LogP contribution in [0.25, 0.3) is 0 Å². The second kappa shape index (κ2) is 7.28. The summed E-state index contributed by atoms with van der Waals surface area (Å²) in [6, 6.07) is 16.2. The van der Waals surface area contributed by atoms with E-state index in [1.54, 1.807) is 18.2 Å². The number of hydrogen-bond donors (Lipinski definition) is 1. The summed E-state index contributed by atoms with van der Waals surface area (Å²) in [6.07, 6.45) is 3.09. The number of nitrogens with two attached hydrogens (primary N) is 1. The monoisotopic (exact) mass is 367 g/mol. The van der Waals surface area contributed by atoms with Gasteiger partial charge in [0.2, 0.25) is 0 Å². The van der Waals surface area contributed by atoms with Gasteiger partial charge < -0.3 is 10.5 Å². The predicted octanol–water partition coefficient (Wildman–Crippen LogP) is 3.68. The Balaban J connectivity index is 1.64. The van der Waals surface area contributed by atoms with Crippen molar-refractivity contribution in [1.29, 1.82) is 5.26 Å². The Morgan fingerprint density at radius 3 is 2.85 bits per heavy atom. The van der Waals surface area contributed by atoms with Crippen LogP contribution in [0.3, 0.4) is 0 Å². The highest BCUT2D eigenvalue weighted by Crippen LogP contribution is 2.40. The minimum absolute atomic E-state index is 0.0815. The summed E-state index contributed by atoms with van der Waals surface area (Å²) in [5.74, 6) is 0.624. The third kappa shape index (κ3) is 3.31. The molecule has 0 saturated carbocycles. The summed E-state index contributed by atoms with van der Waals surface area (Å²) >= 11 is 6.36. The average Bonchev–Trinajstić information content (AvgIpc) is 3.02. The maximum absolute atomic E-state index is 9.04. The molecule has 2 N–H and O–H groups in total. The van der Waals surface area contributed by atoms with E-state index in [2.05, 4.69) is 35.2 Å². The van der Waals surface area contributed by atoms with Gasteiger partial charge >= 0.3 is 0 Å². The molecule has 3 atom stereocenters. The molecule has 1 aliphatic carbocycles. The van der Waals surface area contributed by atoms with Gasteiger partial charge in [-0.15, -0.1) is 0 Å². The van der Waals surface area contributed by atoms with Gasteiger partial charge in [-0.05, 0) is 55.1 Å². The molecule has 0 aromatic heterocycles. The van der Waals surface area contributed by atoms with Crippen LogP contribution >= 0.6 is 11.6 Å². The van der Waals surface area contributed by atoms with Gasteiger partial charge in [-0.2, -0.15) is 5.26 Å². The Morgan fingerprint density at radius 1 is 1.23 bits per heavy atom. The molecule has 2 aromatic carbocycles. The first-order valence-electron chi connectivity index (χ1n) is 9.09. The Kier molecular flexibility index (Phi) is 4.86. The molecular weight excluding hydrogens is 346 g/mol. The second-order valence-electron chi connectivity index (χ2n) is 7.16. The van der Waals surface area contributed by atoms with Crippen molar-refractivity contribution in [3.05, 3.63) is 64.2 Å². The second-order valence-corrected chi connectivity index (χ2v) is 7.57. The Bertz CT molecular complexity index is 847. The van der Waals surface area contributed by atoms with E-state index in [4.69, 9.17) is 27.3 Å². The van der Waals surface area contributed by atoms with E-state index >= 15 is 0 Å². The van der Waals surface area contributed by atoms with Crippen LogP contribution in [0.1, 0.15) is 35.6 Å². The average molecular weight is 368 g/mol. The van der Waals surface area contributed by atoms with E-state index in [0.717, 1.165) is 32.4 Å². The summed E-state index contributed by atoms with van der Waals surface area (Å²) < 4.78 is 6.41. The summed E-state index contributed by atoms with van der Waals surface area (Å²) in [5, 5.41) is 9.51. The molecule has 0 bridgehead atoms. The number of likely N-dealkylation sites (tertiary alicyclic amines) is 1. The van der Waals surface area contributed by atoms with Gasteiger partial charge in [0.25, 0.3) is 0 Å². The fourth-order valence-corrected chi connectivity index (χ4v) is 4.37. The topological polar surface area (TPSA) is 62.3 Å². The number of benzene rings is 2. The maximum atomic E-state index is 9.04. The molecule has 1 heterocycles. The standard InChI is InChI=1S/C21H22ClN3O/c22-18-10-14(12-23)7-8-20(18)26-21-17-6-2-1-4-15(17)11-19(21)25-9-3-5-16(24)13-25/h1-2,4,6-8,10,16,19,21H,3,5,9,11,13,24H2/t16-,19-,21?/m1/s1. The zero-order valence-electron chi connectivity index (χ0n) is 14.6. The number of nitrogens with zero attached hydrogens (tertiary/aromatic N) is 2. The number of halogens is 1. The van der Waals surface area contributed by atoms with Crippen LogP contribution in [0, 0.1) is 11.3 Å². The number of rotatable bonds is 3. The Hall–Kier alpha value is -2.06. The molecule has 0 amide bonds. The van der Waals surface area contributed by atoms with Gasteiger partial charge in [0, 0.05) is 12.6 Å². The van der Waals surface area contributed by atoms with Crippen molar-refractivity contribution in [2.75, 3.05) is 13.1 Å². The molecule has 2 aromatic rings. The van der Waals surface area contributed by atoms with E-state index in [9.17, 15) is 0 Å². The zero-order valence-corrected chi connectivity index (χ0v) is 15.3. The van der Waals surface area contributed by atoms with Gasteiger partial charge in [0.05, 0.1) is 22.7 Å². The Morgan fingerprint density at radius 2 is 2.08 bits per heavy atom. The molecule has 4 rings (SSSR count). The van der Waals surface area contributed by atoms with Gasteiger partial charge in [0.15, 0.2) is 0 Å². The molecule has 1 fully saturated rings. The summed E-state index contributed by atoms with van der Waals surface area (Å²) in [6.45, 7) is 1.95. The number of piperidine rings is 1. The van der Waals surface area contributed by atoms with Crippen LogP contribution in [0.4, 0.5) is 0 Å². The van der Waals surface area contributed by atoms with Crippen LogP contribution in [0.5, 0.6) is 5.75 Å². The fourth-order valence-electron chi connectivity index (χ4n) is 4.14. The largest absolute Gasteiger partial charge is 0.482 e. The fraction of sp³-hybridized carbons (Fsp3) is 0.381. The van der Waals surface area contributed by atoms with E-state index in [1.807, 2.05) is 0 Å². The predicted molar refractivity (Wildman–Crippen MR) is 102 cm³/mol. The van der Waals surface area contributed by atoms with Gasteiger partial charge in [-0.1, -0.05) is 35.9 Å². The summed E-state index contributed by atoms with van der Waals surface area (Å²) in [4.78, 5) is 2.47. The molecule has 2 aliphatic rings. The van der Waals surface area contributed by atoms with Crippen LogP contribution < -0.4 is 10.5 Å². The van der Waals surface area contributed by atoms with E-state index in [1.165, 1.54) is 11.1 Å². The normalized spacial score (nSPS) is 25.5. The quantitative estimate of drug-likeness (QED) is 0.898. The number of hydrogen-bond acceptors (Lipinski definition) is 4. The lowest BCUT2D eigenvalue weighted by Gasteiger charge is -2.38. The van der Waals surface area contributed by atoms with Crippen molar-refractivity contribution in [2.24, 2.45) is 5.73 Å². The highest BCUT2D eigenvalue weighted by Gasteiger charge is 2.39. The highest BCUT2D eigenvalue weighted by atomic mass is 35.5. The summed E-state index contributed by atoms with van der Waals surface area (Å²) in [7, 11) is 0. The molecular formula is C21H22ClN3O. The zero-order chi connectivity index (χ0) is 18.1. The first kappa shape index (κ1) is 17.4. The Labute approximate surface area is 159 Å². The number of nitriles is 1. The van der Waals surface area contributed by atoms with Crippen LogP contribution in [0.2, 0.25) is 5.02 Å². The lowest BCUT2D eigenvalue weighted by atomic mass is 10.0. The van der Waals surface area contributed by atoms with Gasteiger partial charge in [0.1, 0.15) is 11.9 Å². The van der Waals surface area contributed by atoms with Crippen LogP contribution in [-0.2, 0) is 6.42 Å². The molecule has 1 unspecified atom stereocenters. The molecule has 5 heteroatoms. The molecule has 26 heavy (non-hydrogen) atoms. The van der Waals surface area contributed by atoms with Crippen molar-refractivity contribution in [3.63, 3.8) is 0 Å². The molecule has 0 spiro atoms. The minimum Gasteiger partial charge on any atom is -0.482 e. The first-order valence-corrected chi connectivity index (χ1v) is 9.47. The highest BCUT2D eigenvalue weighted by molar-refractivity contribution is 6.32. The van der Waals surface area contributed by atoms with Crippen molar-refractivity contribution in [1.82, 2.24) is 4.90 Å². The van der Waals surface area contributed by atoms with Crippen molar-refractivity contribution >= 4 is 11.6 Å². The van der Waals surface area contributed by atoms with Crippen molar-refractivity contribution in [2.45, 2.75) is 37.5 Å². The number of ether oxygens (including phenoxy) is 1. The van der Waals surface area contributed by atoms with Crippen LogP contribution in [-0.4, -0.2) is 30.1 Å². The lowest BCUT2D eigenvalue weighted by Crippen LogP contribution is -2.49. The number of fused-ring (bicyclic) bond motifs is 1. The third-order valence-electron chi connectivity index (χ3n) is 5.41. The van der Waals surface area contributed by atoms with E-state index in [0.29, 0.717) is 16.3 Å². The smallest absolute Gasteiger partial charge is 0.140 e. The molecule has 4 nitrogen and oxygen atoms in total. The van der Waals surface area contributed by atoms with Gasteiger partial charge in [-0.3, -0.25) is 4.90 Å². The van der Waals surface area contributed by atoms with Gasteiger partial charge in [-0.25, -0.2) is 0 Å². The molecule has 1 aliphatic heterocycles. The molecule has 134 valence electrons. The summed E-state index contributed by atoms with van der Waals surface area (Å²) in [5.41, 5.74) is 9.30. The van der Waals surface area contributed by atoms with Crippen molar-refractivity contribution < 1.29 is 4.74 Å². The minimum atomic E-state index is -0.0815. The molecule has 1 saturated heterocycles. The maximum Gasteiger partial charge on any atom is 0.140 e. The van der Waals surface area contributed by atoms with E-state index < -0.39 is 0 Å². The van der Waals surface area contributed by atoms with Crippen LogP contribution in [0.15, 0.2) is 42.5 Å².